The highest BCUT2D eigenvalue weighted by molar-refractivity contribution is 7.90. The predicted molar refractivity (Wildman–Crippen MR) is 64.7 cm³/mol. The van der Waals surface area contributed by atoms with E-state index in [9.17, 15) is 34.8 Å². The Bertz CT molecular complexity index is 387. The van der Waals surface area contributed by atoms with Gasteiger partial charge in [0.15, 0.2) is 0 Å². The third-order valence-electron chi connectivity index (χ3n) is 2.58. The van der Waals surface area contributed by atoms with Crippen LogP contribution in [0.5, 0.6) is 0 Å². The van der Waals surface area contributed by atoms with E-state index in [2.05, 4.69) is 11.8 Å². The van der Waals surface area contributed by atoms with Crippen LogP contribution in [0.25, 0.3) is 0 Å². The van der Waals surface area contributed by atoms with Crippen molar-refractivity contribution in [2.24, 2.45) is 0 Å². The number of sulfonamides is 1. The fraction of sp³-hybridized carbons (Fsp3) is 1.00. The normalized spacial score (nSPS) is 17.5. The van der Waals surface area contributed by atoms with E-state index in [4.69, 9.17) is 0 Å². The van der Waals surface area contributed by atoms with Crippen LogP contribution in [-0.4, -0.2) is 44.8 Å². The Hall–Kier alpha value is -0.550. The van der Waals surface area contributed by atoms with Gasteiger partial charge in [0.25, 0.3) is 0 Å². The van der Waals surface area contributed by atoms with Crippen molar-refractivity contribution >= 4 is 10.0 Å². The summed E-state index contributed by atoms with van der Waals surface area (Å²) in [6.07, 6.45) is -0.0156. The number of nitrogens with zero attached hydrogens (tertiary/aromatic N) is 1. The van der Waals surface area contributed by atoms with Crippen molar-refractivity contribution in [3.05, 3.63) is 0 Å². The summed E-state index contributed by atoms with van der Waals surface area (Å²) < 4.78 is 85.8. The molecule has 21 heavy (non-hydrogen) atoms. The van der Waals surface area contributed by atoms with Crippen LogP contribution in [0.3, 0.4) is 0 Å². The lowest BCUT2D eigenvalue weighted by atomic mass is 10.3. The number of hydrogen-bond acceptors (Lipinski definition) is 3. The van der Waals surface area contributed by atoms with Crippen LogP contribution in [0.4, 0.5) is 26.3 Å². The van der Waals surface area contributed by atoms with Gasteiger partial charge in [-0.1, -0.05) is 13.3 Å². The average Bonchev–Trinajstić information content (AvgIpc) is 2.75. The van der Waals surface area contributed by atoms with E-state index < -0.39 is 26.6 Å². The third kappa shape index (κ3) is 9.14. The number of unbranched alkanes of at least 4 members (excludes halogenated alkanes) is 1. The standard InChI is InChI=1S/C8H17N.C2HF6NO2S/c1-2-3-6-9-7-4-5-8-9;3-1(4,5)9-12(10,11)2(6,7)8/h2-8H2,1H3;9H. The molecule has 1 rings (SSSR count). The van der Waals surface area contributed by atoms with Gasteiger partial charge in [0.05, 0.1) is 0 Å². The summed E-state index contributed by atoms with van der Waals surface area (Å²) in [6, 6.07) is 0. The van der Waals surface area contributed by atoms with E-state index in [1.165, 1.54) is 45.3 Å². The third-order valence-corrected chi connectivity index (χ3v) is 3.69. The van der Waals surface area contributed by atoms with E-state index in [1.807, 2.05) is 0 Å². The molecule has 1 heterocycles. The minimum Gasteiger partial charge on any atom is -0.303 e. The highest BCUT2D eigenvalue weighted by Gasteiger charge is 2.51. The molecule has 0 aromatic carbocycles. The molecule has 0 aromatic rings. The van der Waals surface area contributed by atoms with Gasteiger partial charge in [0.2, 0.25) is 0 Å². The molecule has 0 amide bonds. The van der Waals surface area contributed by atoms with E-state index in [0.717, 1.165) is 0 Å². The first-order valence-corrected chi connectivity index (χ1v) is 7.76. The fourth-order valence-corrected chi connectivity index (χ4v) is 2.02. The van der Waals surface area contributed by atoms with Crippen molar-refractivity contribution in [3.63, 3.8) is 0 Å². The van der Waals surface area contributed by atoms with E-state index in [-0.39, 0.29) is 0 Å². The SMILES string of the molecule is CCCCN1CCCC1.O=S(=O)(NC(F)(F)F)C(F)(F)F. The van der Waals surface area contributed by atoms with Gasteiger partial charge >= 0.3 is 21.8 Å². The van der Waals surface area contributed by atoms with Crippen molar-refractivity contribution < 1.29 is 34.8 Å². The van der Waals surface area contributed by atoms with Gasteiger partial charge < -0.3 is 4.90 Å². The van der Waals surface area contributed by atoms with E-state index in [0.29, 0.717) is 0 Å². The lowest BCUT2D eigenvalue weighted by molar-refractivity contribution is -0.143. The maximum Gasteiger partial charge on any atom is 0.511 e. The van der Waals surface area contributed by atoms with Gasteiger partial charge in [0.1, 0.15) is 0 Å². The second kappa shape index (κ2) is 8.18. The van der Waals surface area contributed by atoms with Crippen LogP contribution in [0, 0.1) is 0 Å². The number of alkyl halides is 6. The first-order chi connectivity index (χ1) is 9.39. The van der Waals surface area contributed by atoms with Gasteiger partial charge in [-0.2, -0.15) is 26.3 Å². The largest absolute Gasteiger partial charge is 0.511 e. The summed E-state index contributed by atoms with van der Waals surface area (Å²) >= 11 is 0. The molecule has 0 spiro atoms. The van der Waals surface area contributed by atoms with Crippen LogP contribution in [0.1, 0.15) is 32.6 Å². The Morgan fingerprint density at radius 3 is 1.81 bits per heavy atom. The summed E-state index contributed by atoms with van der Waals surface area (Å²) in [5, 5.41) is 0. The monoisotopic (exact) mass is 344 g/mol. The zero-order valence-electron chi connectivity index (χ0n) is 11.4. The van der Waals surface area contributed by atoms with E-state index >= 15 is 0 Å². The number of rotatable bonds is 4. The number of halogens is 6. The maximum absolute atomic E-state index is 11.2. The van der Waals surface area contributed by atoms with Crippen molar-refractivity contribution in [2.75, 3.05) is 19.6 Å². The van der Waals surface area contributed by atoms with Crippen LogP contribution in [0.15, 0.2) is 0 Å². The van der Waals surface area contributed by atoms with Gasteiger partial charge in [-0.25, -0.2) is 8.42 Å². The first kappa shape index (κ1) is 20.5. The molecule has 1 aliphatic rings. The molecular formula is C10H18F6N2O2S. The van der Waals surface area contributed by atoms with E-state index in [1.54, 1.807) is 0 Å². The zero-order valence-corrected chi connectivity index (χ0v) is 12.2. The quantitative estimate of drug-likeness (QED) is 0.630. The smallest absolute Gasteiger partial charge is 0.303 e. The summed E-state index contributed by atoms with van der Waals surface area (Å²) in [7, 11) is -6.33. The Balaban J connectivity index is 0.000000394. The van der Waals surface area contributed by atoms with Gasteiger partial charge in [-0.05, 0) is 38.9 Å². The highest BCUT2D eigenvalue weighted by atomic mass is 32.2. The molecule has 0 atom stereocenters. The highest BCUT2D eigenvalue weighted by Crippen LogP contribution is 2.25. The number of likely N-dealkylation sites (tertiary alicyclic amines) is 1. The fourth-order valence-electron chi connectivity index (χ4n) is 1.60. The van der Waals surface area contributed by atoms with Crippen LogP contribution < -0.4 is 4.72 Å². The molecule has 4 nitrogen and oxygen atoms in total. The van der Waals surface area contributed by atoms with Crippen LogP contribution in [0.2, 0.25) is 0 Å². The Morgan fingerprint density at radius 1 is 1.05 bits per heavy atom. The lowest BCUT2D eigenvalue weighted by Crippen LogP contribution is -2.44. The average molecular weight is 344 g/mol. The first-order valence-electron chi connectivity index (χ1n) is 6.28. The molecule has 0 bridgehead atoms. The van der Waals surface area contributed by atoms with Crippen LogP contribution in [-0.2, 0) is 10.0 Å². The molecule has 1 aliphatic heterocycles. The molecule has 0 unspecified atom stereocenters. The molecule has 0 aromatic heterocycles. The van der Waals surface area contributed by atoms with Gasteiger partial charge in [0, 0.05) is 0 Å². The summed E-state index contributed by atoms with van der Waals surface area (Å²) in [6.45, 7) is 6.33. The van der Waals surface area contributed by atoms with Crippen LogP contribution >= 0.6 is 0 Å². The summed E-state index contributed by atoms with van der Waals surface area (Å²) in [5.74, 6) is 0. The molecule has 0 radical (unpaired) electrons. The van der Waals surface area contributed by atoms with Gasteiger partial charge in [-0.3, -0.25) is 0 Å². The molecule has 0 saturated carbocycles. The maximum atomic E-state index is 11.2. The minimum absolute atomic E-state index is 0.517. The molecular weight excluding hydrogens is 326 g/mol. The summed E-state index contributed by atoms with van der Waals surface area (Å²) in [4.78, 5) is 2.57. The molecule has 1 saturated heterocycles. The molecule has 11 heteroatoms. The zero-order chi connectivity index (χ0) is 16.7. The molecule has 1 fully saturated rings. The minimum atomic E-state index is -6.33. The number of hydrogen-bond donors (Lipinski definition) is 1. The Labute approximate surface area is 119 Å². The van der Waals surface area contributed by atoms with Crippen molar-refractivity contribution in [3.8, 4) is 0 Å². The topological polar surface area (TPSA) is 49.4 Å². The van der Waals surface area contributed by atoms with Gasteiger partial charge in [-0.15, -0.1) is 4.72 Å². The molecule has 128 valence electrons. The second-order valence-corrected chi connectivity index (χ2v) is 6.13. The predicted octanol–water partition coefficient (Wildman–Crippen LogP) is 2.83. The van der Waals surface area contributed by atoms with Crippen molar-refractivity contribution in [1.29, 1.82) is 0 Å². The molecule has 0 aliphatic carbocycles. The van der Waals surface area contributed by atoms with Crippen molar-refractivity contribution in [2.45, 2.75) is 44.4 Å². The Kier molecular flexibility index (Phi) is 7.97. The molecule has 1 N–H and O–H groups in total. The van der Waals surface area contributed by atoms with Crippen molar-refractivity contribution in [1.82, 2.24) is 9.62 Å². The lowest BCUT2D eigenvalue weighted by Gasteiger charge is -2.12. The summed E-state index contributed by atoms with van der Waals surface area (Å²) in [5.41, 5.74) is -5.96. The second-order valence-electron chi connectivity index (χ2n) is 4.45. The Morgan fingerprint density at radius 2 is 1.52 bits per heavy atom. The number of nitrogens with one attached hydrogen (secondary N) is 1.